The molecule has 0 fully saturated rings. The van der Waals surface area contributed by atoms with E-state index in [9.17, 15) is 9.18 Å². The highest BCUT2D eigenvalue weighted by atomic mass is 19.1. The molecule has 0 unspecified atom stereocenters. The monoisotopic (exact) mass is 272 g/mol. The molecule has 0 bridgehead atoms. The SMILES string of the molecule is Cc1ccc(F)c(C(=O)Nc2ccccc2N(C)C)c1. The van der Waals surface area contributed by atoms with Crippen LogP contribution in [0, 0.1) is 12.7 Å². The summed E-state index contributed by atoms with van der Waals surface area (Å²) in [4.78, 5) is 14.1. The number of para-hydroxylation sites is 2. The van der Waals surface area contributed by atoms with Crippen LogP contribution in [0.1, 0.15) is 15.9 Å². The maximum atomic E-state index is 13.7. The van der Waals surface area contributed by atoms with Crippen molar-refractivity contribution in [1.82, 2.24) is 0 Å². The maximum Gasteiger partial charge on any atom is 0.258 e. The number of aryl methyl sites for hydroxylation is 1. The van der Waals surface area contributed by atoms with Gasteiger partial charge in [0.15, 0.2) is 0 Å². The molecular weight excluding hydrogens is 255 g/mol. The summed E-state index contributed by atoms with van der Waals surface area (Å²) in [5.41, 5.74) is 2.42. The molecule has 0 radical (unpaired) electrons. The standard InChI is InChI=1S/C16H17FN2O/c1-11-8-9-13(17)12(10-11)16(20)18-14-6-4-5-7-15(14)19(2)3/h4-10H,1-3H3,(H,18,20). The summed E-state index contributed by atoms with van der Waals surface area (Å²) in [5.74, 6) is -0.962. The van der Waals surface area contributed by atoms with Crippen LogP contribution >= 0.6 is 0 Å². The molecule has 1 N–H and O–H groups in total. The topological polar surface area (TPSA) is 32.3 Å². The van der Waals surface area contributed by atoms with E-state index in [0.29, 0.717) is 5.69 Å². The lowest BCUT2D eigenvalue weighted by molar-refractivity contribution is 0.102. The van der Waals surface area contributed by atoms with Gasteiger partial charge < -0.3 is 10.2 Å². The molecule has 2 aromatic rings. The molecule has 0 atom stereocenters. The van der Waals surface area contributed by atoms with Crippen LogP contribution in [0.15, 0.2) is 42.5 Å². The van der Waals surface area contributed by atoms with Gasteiger partial charge in [-0.15, -0.1) is 0 Å². The second-order valence-electron chi connectivity index (χ2n) is 4.85. The summed E-state index contributed by atoms with van der Waals surface area (Å²) in [6.07, 6.45) is 0. The fourth-order valence-corrected chi connectivity index (χ4v) is 1.97. The Labute approximate surface area is 118 Å². The summed E-state index contributed by atoms with van der Waals surface area (Å²) in [6, 6.07) is 11.9. The molecule has 1 amide bonds. The first-order valence-corrected chi connectivity index (χ1v) is 6.33. The Kier molecular flexibility index (Phi) is 4.03. The number of amides is 1. The minimum Gasteiger partial charge on any atom is -0.376 e. The zero-order valence-electron chi connectivity index (χ0n) is 11.8. The van der Waals surface area contributed by atoms with Crippen molar-refractivity contribution in [3.63, 3.8) is 0 Å². The van der Waals surface area contributed by atoms with Crippen LogP contribution in [0.2, 0.25) is 0 Å². The quantitative estimate of drug-likeness (QED) is 0.928. The second-order valence-corrected chi connectivity index (χ2v) is 4.85. The fourth-order valence-electron chi connectivity index (χ4n) is 1.97. The highest BCUT2D eigenvalue weighted by molar-refractivity contribution is 6.06. The molecule has 0 aliphatic heterocycles. The van der Waals surface area contributed by atoms with Crippen molar-refractivity contribution in [3.8, 4) is 0 Å². The molecule has 2 aromatic carbocycles. The van der Waals surface area contributed by atoms with Crippen LogP contribution in [-0.4, -0.2) is 20.0 Å². The number of carbonyl (C=O) groups excluding carboxylic acids is 1. The van der Waals surface area contributed by atoms with Gasteiger partial charge in [0, 0.05) is 14.1 Å². The molecule has 0 aromatic heterocycles. The van der Waals surface area contributed by atoms with Gasteiger partial charge in [-0.2, -0.15) is 0 Å². The number of carbonyl (C=O) groups is 1. The molecule has 0 saturated heterocycles. The summed E-state index contributed by atoms with van der Waals surface area (Å²) < 4.78 is 13.7. The molecular formula is C16H17FN2O. The molecule has 0 spiro atoms. The predicted octanol–water partition coefficient (Wildman–Crippen LogP) is 3.45. The average Bonchev–Trinajstić information content (AvgIpc) is 2.41. The Morgan fingerprint density at radius 2 is 1.85 bits per heavy atom. The summed E-state index contributed by atoms with van der Waals surface area (Å²) in [7, 11) is 3.77. The Morgan fingerprint density at radius 1 is 1.15 bits per heavy atom. The Morgan fingerprint density at radius 3 is 2.55 bits per heavy atom. The first-order chi connectivity index (χ1) is 9.49. The van der Waals surface area contributed by atoms with Crippen molar-refractivity contribution in [2.75, 3.05) is 24.3 Å². The van der Waals surface area contributed by atoms with E-state index in [-0.39, 0.29) is 5.56 Å². The average molecular weight is 272 g/mol. The van der Waals surface area contributed by atoms with E-state index in [1.165, 1.54) is 6.07 Å². The smallest absolute Gasteiger partial charge is 0.258 e. The number of nitrogens with zero attached hydrogens (tertiary/aromatic N) is 1. The van der Waals surface area contributed by atoms with E-state index in [1.54, 1.807) is 18.2 Å². The van der Waals surface area contributed by atoms with Gasteiger partial charge in [0.2, 0.25) is 0 Å². The second kappa shape index (κ2) is 5.74. The van der Waals surface area contributed by atoms with E-state index in [1.807, 2.05) is 44.1 Å². The minimum atomic E-state index is -0.518. The zero-order chi connectivity index (χ0) is 14.7. The van der Waals surface area contributed by atoms with Crippen molar-refractivity contribution in [1.29, 1.82) is 0 Å². The summed E-state index contributed by atoms with van der Waals surface area (Å²) in [5, 5.41) is 2.76. The van der Waals surface area contributed by atoms with Crippen molar-refractivity contribution in [2.45, 2.75) is 6.92 Å². The highest BCUT2D eigenvalue weighted by Crippen LogP contribution is 2.24. The largest absolute Gasteiger partial charge is 0.376 e. The van der Waals surface area contributed by atoms with Crippen LogP contribution in [-0.2, 0) is 0 Å². The number of benzene rings is 2. The minimum absolute atomic E-state index is 0.0542. The van der Waals surface area contributed by atoms with Crippen molar-refractivity contribution < 1.29 is 9.18 Å². The molecule has 0 aliphatic rings. The number of nitrogens with one attached hydrogen (secondary N) is 1. The third-order valence-electron chi connectivity index (χ3n) is 3.00. The molecule has 2 rings (SSSR count). The van der Waals surface area contributed by atoms with Gasteiger partial charge in [0.05, 0.1) is 16.9 Å². The maximum absolute atomic E-state index is 13.7. The van der Waals surface area contributed by atoms with Gasteiger partial charge in [0.1, 0.15) is 5.82 Å². The van der Waals surface area contributed by atoms with Gasteiger partial charge in [-0.05, 0) is 31.2 Å². The Hall–Kier alpha value is -2.36. The zero-order valence-corrected chi connectivity index (χ0v) is 11.8. The third kappa shape index (κ3) is 2.96. The first-order valence-electron chi connectivity index (χ1n) is 6.33. The van der Waals surface area contributed by atoms with E-state index in [2.05, 4.69) is 5.32 Å². The molecule has 0 saturated carbocycles. The molecule has 4 heteroatoms. The van der Waals surface area contributed by atoms with E-state index in [4.69, 9.17) is 0 Å². The molecule has 0 heterocycles. The van der Waals surface area contributed by atoms with Gasteiger partial charge in [-0.1, -0.05) is 23.8 Å². The van der Waals surface area contributed by atoms with Gasteiger partial charge in [-0.25, -0.2) is 4.39 Å². The number of halogens is 1. The summed E-state index contributed by atoms with van der Waals surface area (Å²) in [6.45, 7) is 1.82. The van der Waals surface area contributed by atoms with Crippen LogP contribution in [0.4, 0.5) is 15.8 Å². The Balaban J connectivity index is 2.31. The number of hydrogen-bond acceptors (Lipinski definition) is 2. The third-order valence-corrected chi connectivity index (χ3v) is 3.00. The lowest BCUT2D eigenvalue weighted by Gasteiger charge is -2.17. The van der Waals surface area contributed by atoms with Crippen molar-refractivity contribution >= 4 is 17.3 Å². The lowest BCUT2D eigenvalue weighted by Crippen LogP contribution is -2.17. The van der Waals surface area contributed by atoms with Crippen LogP contribution in [0.25, 0.3) is 0 Å². The van der Waals surface area contributed by atoms with Gasteiger partial charge >= 0.3 is 0 Å². The number of hydrogen-bond donors (Lipinski definition) is 1. The Bertz CT molecular complexity index is 638. The summed E-state index contributed by atoms with van der Waals surface area (Å²) >= 11 is 0. The van der Waals surface area contributed by atoms with E-state index >= 15 is 0 Å². The van der Waals surface area contributed by atoms with Crippen LogP contribution in [0.5, 0.6) is 0 Å². The molecule has 20 heavy (non-hydrogen) atoms. The number of rotatable bonds is 3. The highest BCUT2D eigenvalue weighted by Gasteiger charge is 2.14. The predicted molar refractivity (Wildman–Crippen MR) is 79.9 cm³/mol. The van der Waals surface area contributed by atoms with E-state index < -0.39 is 11.7 Å². The van der Waals surface area contributed by atoms with Gasteiger partial charge in [-0.3, -0.25) is 4.79 Å². The lowest BCUT2D eigenvalue weighted by atomic mass is 10.1. The van der Waals surface area contributed by atoms with Crippen molar-refractivity contribution in [2.24, 2.45) is 0 Å². The molecule has 104 valence electrons. The molecule has 3 nitrogen and oxygen atoms in total. The van der Waals surface area contributed by atoms with Crippen molar-refractivity contribution in [3.05, 3.63) is 59.4 Å². The first kappa shape index (κ1) is 14.1. The fraction of sp³-hybridized carbons (Fsp3) is 0.188. The molecule has 0 aliphatic carbocycles. The van der Waals surface area contributed by atoms with Gasteiger partial charge in [0.25, 0.3) is 5.91 Å². The number of anilines is 2. The van der Waals surface area contributed by atoms with Crippen LogP contribution in [0.3, 0.4) is 0 Å². The van der Waals surface area contributed by atoms with E-state index in [0.717, 1.165) is 11.3 Å². The van der Waals surface area contributed by atoms with Crippen LogP contribution < -0.4 is 10.2 Å². The normalized spacial score (nSPS) is 10.2.